The number of ether oxygens (including phenoxy) is 2. The van der Waals surface area contributed by atoms with E-state index in [1.54, 1.807) is 9.15 Å². The van der Waals surface area contributed by atoms with Crippen LogP contribution in [0.3, 0.4) is 0 Å². The van der Waals surface area contributed by atoms with E-state index in [2.05, 4.69) is 48.6 Å². The van der Waals surface area contributed by atoms with Gasteiger partial charge in [-0.25, -0.2) is 0 Å². The number of fused-ring (bicyclic) bond motifs is 5. The van der Waals surface area contributed by atoms with Crippen LogP contribution < -0.4 is 0 Å². The lowest BCUT2D eigenvalue weighted by Gasteiger charge is -2.57. The number of halogens is 1. The first-order chi connectivity index (χ1) is 13.0. The van der Waals surface area contributed by atoms with Gasteiger partial charge in [-0.3, -0.25) is 0 Å². The van der Waals surface area contributed by atoms with Gasteiger partial charge in [0.15, 0.2) is 6.29 Å². The fourth-order valence-corrected chi connectivity index (χ4v) is 8.22. The third-order valence-electron chi connectivity index (χ3n) is 9.03. The SMILES string of the molecule is CC12CCC3C(CC=C4CC(OC5CCCCO5)CCC43C)C1CC=C2I. The van der Waals surface area contributed by atoms with Gasteiger partial charge in [0.2, 0.25) is 0 Å². The zero-order valence-electron chi connectivity index (χ0n) is 17.0. The summed E-state index contributed by atoms with van der Waals surface area (Å²) in [5.74, 6) is 2.65. The van der Waals surface area contributed by atoms with Crippen molar-refractivity contribution in [2.75, 3.05) is 6.61 Å². The van der Waals surface area contributed by atoms with Crippen LogP contribution in [0.5, 0.6) is 0 Å². The molecule has 3 fully saturated rings. The van der Waals surface area contributed by atoms with Crippen LogP contribution in [0.4, 0.5) is 0 Å². The van der Waals surface area contributed by atoms with Crippen molar-refractivity contribution in [3.63, 3.8) is 0 Å². The predicted molar refractivity (Wildman–Crippen MR) is 118 cm³/mol. The molecule has 0 bridgehead atoms. The maximum Gasteiger partial charge on any atom is 0.157 e. The smallest absolute Gasteiger partial charge is 0.157 e. The standard InChI is InChI=1S/C24H35IO2/c1-23-12-10-17(27-22-5-3-4-14-26-22)15-16(23)6-7-18-19-8-9-21(25)24(19,2)13-11-20(18)23/h6,9,17-20,22H,3-5,7-8,10-15H2,1-2H3. The molecule has 0 aromatic carbocycles. The Bertz CT molecular complexity index is 649. The van der Waals surface area contributed by atoms with Crippen LogP contribution in [0.2, 0.25) is 0 Å². The van der Waals surface area contributed by atoms with Gasteiger partial charge in [0, 0.05) is 12.0 Å². The Kier molecular flexibility index (Phi) is 5.04. The molecule has 150 valence electrons. The third-order valence-corrected chi connectivity index (χ3v) is 10.7. The normalized spacial score (nSPS) is 49.5. The van der Waals surface area contributed by atoms with Crippen LogP contribution in [0.15, 0.2) is 21.3 Å². The van der Waals surface area contributed by atoms with E-state index in [1.807, 2.05) is 0 Å². The van der Waals surface area contributed by atoms with Gasteiger partial charge in [0.05, 0.1) is 6.10 Å². The minimum atomic E-state index is 0.0621. The monoisotopic (exact) mass is 482 g/mol. The van der Waals surface area contributed by atoms with Crippen LogP contribution in [-0.4, -0.2) is 19.0 Å². The fourth-order valence-electron chi connectivity index (χ4n) is 7.29. The van der Waals surface area contributed by atoms with Gasteiger partial charge in [-0.15, -0.1) is 0 Å². The molecule has 0 N–H and O–H groups in total. The van der Waals surface area contributed by atoms with Gasteiger partial charge in [0.25, 0.3) is 0 Å². The number of allylic oxidation sites excluding steroid dienone is 3. The van der Waals surface area contributed by atoms with E-state index in [0.717, 1.165) is 37.2 Å². The maximum atomic E-state index is 6.39. The molecule has 0 radical (unpaired) electrons. The Labute approximate surface area is 178 Å². The Hall–Kier alpha value is 0.130. The second kappa shape index (κ2) is 7.12. The van der Waals surface area contributed by atoms with Crippen molar-refractivity contribution in [3.8, 4) is 0 Å². The maximum absolute atomic E-state index is 6.39. The summed E-state index contributed by atoms with van der Waals surface area (Å²) in [5.41, 5.74) is 2.62. The van der Waals surface area contributed by atoms with Crippen molar-refractivity contribution < 1.29 is 9.47 Å². The highest BCUT2D eigenvalue weighted by Crippen LogP contribution is 2.65. The zero-order chi connectivity index (χ0) is 18.6. The highest BCUT2D eigenvalue weighted by Gasteiger charge is 2.56. The molecule has 0 amide bonds. The van der Waals surface area contributed by atoms with E-state index in [0.29, 0.717) is 16.9 Å². The lowest BCUT2D eigenvalue weighted by Crippen LogP contribution is -2.50. The fraction of sp³-hybridized carbons (Fsp3) is 0.833. The van der Waals surface area contributed by atoms with Gasteiger partial charge in [-0.2, -0.15) is 0 Å². The average Bonchev–Trinajstić information content (AvgIpc) is 2.98. The van der Waals surface area contributed by atoms with Gasteiger partial charge in [-0.05, 0) is 114 Å². The van der Waals surface area contributed by atoms with Crippen molar-refractivity contribution in [1.29, 1.82) is 0 Å². The van der Waals surface area contributed by atoms with Crippen LogP contribution in [-0.2, 0) is 9.47 Å². The summed E-state index contributed by atoms with van der Waals surface area (Å²) in [6.45, 7) is 6.03. The first-order valence-electron chi connectivity index (χ1n) is 11.3. The van der Waals surface area contributed by atoms with Crippen molar-refractivity contribution in [3.05, 3.63) is 21.3 Å². The molecule has 0 spiro atoms. The molecular weight excluding hydrogens is 447 g/mol. The van der Waals surface area contributed by atoms with E-state index < -0.39 is 0 Å². The van der Waals surface area contributed by atoms with E-state index in [4.69, 9.17) is 9.47 Å². The lowest BCUT2D eigenvalue weighted by atomic mass is 9.48. The molecular formula is C24H35IO2. The minimum Gasteiger partial charge on any atom is -0.353 e. The van der Waals surface area contributed by atoms with Crippen molar-refractivity contribution in [2.24, 2.45) is 28.6 Å². The van der Waals surface area contributed by atoms with Crippen molar-refractivity contribution in [2.45, 2.75) is 90.4 Å². The topological polar surface area (TPSA) is 18.5 Å². The molecule has 3 heteroatoms. The molecule has 1 heterocycles. The largest absolute Gasteiger partial charge is 0.353 e. The number of rotatable bonds is 2. The molecule has 1 saturated heterocycles. The first kappa shape index (κ1) is 19.1. The number of hydrogen-bond acceptors (Lipinski definition) is 2. The summed E-state index contributed by atoms with van der Waals surface area (Å²) in [6, 6.07) is 0. The Morgan fingerprint density at radius 3 is 2.67 bits per heavy atom. The second-order valence-electron chi connectivity index (χ2n) is 10.3. The highest BCUT2D eigenvalue weighted by molar-refractivity contribution is 14.1. The minimum absolute atomic E-state index is 0.0621. The molecule has 5 rings (SSSR count). The summed E-state index contributed by atoms with van der Waals surface area (Å²) in [4.78, 5) is 0. The Morgan fingerprint density at radius 1 is 1.00 bits per heavy atom. The van der Waals surface area contributed by atoms with E-state index >= 15 is 0 Å². The quantitative estimate of drug-likeness (QED) is 0.319. The molecule has 7 atom stereocenters. The molecule has 0 aromatic rings. The van der Waals surface area contributed by atoms with Crippen LogP contribution in [0.1, 0.15) is 78.1 Å². The molecule has 1 aliphatic heterocycles. The molecule has 2 nitrogen and oxygen atoms in total. The molecule has 2 saturated carbocycles. The Morgan fingerprint density at radius 2 is 1.85 bits per heavy atom. The number of hydrogen-bond donors (Lipinski definition) is 0. The van der Waals surface area contributed by atoms with E-state index in [-0.39, 0.29) is 6.29 Å². The van der Waals surface area contributed by atoms with Gasteiger partial charge in [-0.1, -0.05) is 31.6 Å². The molecule has 5 aliphatic rings. The molecule has 7 unspecified atom stereocenters. The van der Waals surface area contributed by atoms with Crippen molar-refractivity contribution >= 4 is 22.6 Å². The highest BCUT2D eigenvalue weighted by atomic mass is 127. The lowest BCUT2D eigenvalue weighted by molar-refractivity contribution is -0.195. The summed E-state index contributed by atoms with van der Waals surface area (Å²) in [6.07, 6.45) is 18.3. The van der Waals surface area contributed by atoms with Crippen molar-refractivity contribution in [1.82, 2.24) is 0 Å². The predicted octanol–water partition coefficient (Wildman–Crippen LogP) is 6.79. The molecule has 27 heavy (non-hydrogen) atoms. The van der Waals surface area contributed by atoms with Crippen LogP contribution in [0.25, 0.3) is 0 Å². The summed E-state index contributed by atoms with van der Waals surface area (Å²) >= 11 is 2.63. The van der Waals surface area contributed by atoms with Crippen LogP contribution in [0, 0.1) is 28.6 Å². The van der Waals surface area contributed by atoms with Gasteiger partial charge < -0.3 is 9.47 Å². The van der Waals surface area contributed by atoms with Gasteiger partial charge >= 0.3 is 0 Å². The van der Waals surface area contributed by atoms with E-state index in [1.165, 1.54) is 51.4 Å². The third kappa shape index (κ3) is 3.09. The summed E-state index contributed by atoms with van der Waals surface area (Å²) in [5, 5.41) is 0. The van der Waals surface area contributed by atoms with Gasteiger partial charge in [0.1, 0.15) is 0 Å². The van der Waals surface area contributed by atoms with Crippen LogP contribution >= 0.6 is 22.6 Å². The molecule has 0 aromatic heterocycles. The summed E-state index contributed by atoms with van der Waals surface area (Å²) < 4.78 is 13.9. The first-order valence-corrected chi connectivity index (χ1v) is 12.4. The second-order valence-corrected chi connectivity index (χ2v) is 11.5. The molecule has 4 aliphatic carbocycles. The van der Waals surface area contributed by atoms with E-state index in [9.17, 15) is 0 Å². The average molecular weight is 482 g/mol. The summed E-state index contributed by atoms with van der Waals surface area (Å²) in [7, 11) is 0. The zero-order valence-corrected chi connectivity index (χ0v) is 19.2. The Balaban J connectivity index is 1.32.